The van der Waals surface area contributed by atoms with Crippen molar-refractivity contribution < 1.29 is 5.11 Å². The number of nitrogens with zero attached hydrogens (tertiary/aromatic N) is 2. The molecule has 3 N–H and O–H groups in total. The fourth-order valence-corrected chi connectivity index (χ4v) is 1.99. The van der Waals surface area contributed by atoms with E-state index >= 15 is 0 Å². The lowest BCUT2D eigenvalue weighted by atomic mass is 10.4. The van der Waals surface area contributed by atoms with Crippen LogP contribution >= 0.6 is 11.3 Å². The van der Waals surface area contributed by atoms with Crippen LogP contribution in [0, 0.1) is 0 Å². The summed E-state index contributed by atoms with van der Waals surface area (Å²) in [7, 11) is 4.01. The lowest BCUT2D eigenvalue weighted by molar-refractivity contribution is 0.267. The molecule has 0 aromatic carbocycles. The summed E-state index contributed by atoms with van der Waals surface area (Å²) in [6.45, 7) is 0.824. The normalized spacial score (nSPS) is 13.6. The summed E-state index contributed by atoms with van der Waals surface area (Å²) in [5.74, 6) is 0. The molecule has 74 valence electrons. The number of hydrogen-bond donors (Lipinski definition) is 2. The first-order chi connectivity index (χ1) is 6.13. The molecule has 0 aliphatic heterocycles. The molecule has 4 nitrogen and oxygen atoms in total. The minimum Gasteiger partial charge on any atom is -0.394 e. The highest BCUT2D eigenvalue weighted by Gasteiger charge is 2.09. The number of thiazole rings is 1. The summed E-state index contributed by atoms with van der Waals surface area (Å²) in [5, 5.41) is 9.62. The maximum Gasteiger partial charge on any atom is 0.112 e. The van der Waals surface area contributed by atoms with E-state index in [2.05, 4.69) is 9.88 Å². The van der Waals surface area contributed by atoms with Crippen molar-refractivity contribution in [2.24, 2.45) is 5.73 Å². The molecule has 13 heavy (non-hydrogen) atoms. The van der Waals surface area contributed by atoms with Gasteiger partial charge in [-0.2, -0.15) is 0 Å². The van der Waals surface area contributed by atoms with Crippen LogP contribution in [0.15, 0.2) is 6.20 Å². The second kappa shape index (κ2) is 4.66. The van der Waals surface area contributed by atoms with Crippen LogP contribution in [0.4, 0.5) is 0 Å². The van der Waals surface area contributed by atoms with Crippen molar-refractivity contribution in [1.82, 2.24) is 9.88 Å². The van der Waals surface area contributed by atoms with Crippen molar-refractivity contribution in [3.8, 4) is 0 Å². The average Bonchev–Trinajstić information content (AvgIpc) is 2.50. The van der Waals surface area contributed by atoms with Crippen LogP contribution in [0.3, 0.4) is 0 Å². The molecule has 0 unspecified atom stereocenters. The van der Waals surface area contributed by atoms with Crippen molar-refractivity contribution in [2.45, 2.75) is 12.6 Å². The Morgan fingerprint density at radius 3 is 2.92 bits per heavy atom. The van der Waals surface area contributed by atoms with Gasteiger partial charge in [-0.1, -0.05) is 0 Å². The van der Waals surface area contributed by atoms with E-state index in [1.807, 2.05) is 20.3 Å². The van der Waals surface area contributed by atoms with E-state index in [4.69, 9.17) is 10.8 Å². The number of aliphatic hydroxyl groups excluding tert-OH is 1. The molecule has 0 saturated heterocycles. The molecular formula is C8H15N3OS. The molecule has 0 spiro atoms. The van der Waals surface area contributed by atoms with E-state index in [0.29, 0.717) is 0 Å². The van der Waals surface area contributed by atoms with Crippen LogP contribution in [-0.2, 0) is 6.54 Å². The Bertz CT molecular complexity index is 262. The topological polar surface area (TPSA) is 62.4 Å². The molecule has 0 saturated carbocycles. The van der Waals surface area contributed by atoms with Crippen molar-refractivity contribution >= 4 is 11.3 Å². The van der Waals surface area contributed by atoms with E-state index in [-0.39, 0.29) is 12.6 Å². The third-order valence-electron chi connectivity index (χ3n) is 1.56. The van der Waals surface area contributed by atoms with Gasteiger partial charge in [-0.25, -0.2) is 4.98 Å². The molecule has 0 amide bonds. The van der Waals surface area contributed by atoms with Gasteiger partial charge in [0, 0.05) is 17.6 Å². The van der Waals surface area contributed by atoms with E-state index in [9.17, 15) is 0 Å². The number of aromatic nitrogens is 1. The van der Waals surface area contributed by atoms with Gasteiger partial charge in [0.25, 0.3) is 0 Å². The van der Waals surface area contributed by atoms with Gasteiger partial charge in [0.15, 0.2) is 0 Å². The Hall–Kier alpha value is -0.490. The SMILES string of the molecule is CN(C)Cc1cnc([C@@H](N)CO)s1. The quantitative estimate of drug-likeness (QED) is 0.730. The molecule has 0 fully saturated rings. The predicted octanol–water partition coefficient (Wildman–Crippen LogP) is 0.197. The van der Waals surface area contributed by atoms with Crippen molar-refractivity contribution in [3.05, 3.63) is 16.1 Å². The molecule has 0 aliphatic carbocycles. The maximum absolute atomic E-state index is 8.81. The summed E-state index contributed by atoms with van der Waals surface area (Å²) in [6, 6.07) is -0.332. The molecule has 1 aromatic heterocycles. The standard InChI is InChI=1S/C8H15N3OS/c1-11(2)4-6-3-10-8(13-6)7(9)5-12/h3,7,12H,4-5,9H2,1-2H3/t7-/m0/s1. The zero-order valence-electron chi connectivity index (χ0n) is 7.90. The molecule has 0 radical (unpaired) electrons. The first kappa shape index (κ1) is 10.6. The summed E-state index contributed by atoms with van der Waals surface area (Å²) in [4.78, 5) is 7.39. The number of aliphatic hydroxyl groups is 1. The molecule has 0 bridgehead atoms. The van der Waals surface area contributed by atoms with Crippen LogP contribution in [0.25, 0.3) is 0 Å². The minimum absolute atomic E-state index is 0.0467. The number of hydrogen-bond acceptors (Lipinski definition) is 5. The fraction of sp³-hybridized carbons (Fsp3) is 0.625. The summed E-state index contributed by atoms with van der Waals surface area (Å²) in [6.07, 6.45) is 1.82. The maximum atomic E-state index is 8.81. The van der Waals surface area contributed by atoms with Gasteiger partial charge in [0.1, 0.15) is 5.01 Å². The van der Waals surface area contributed by atoms with Crippen molar-refractivity contribution in [3.63, 3.8) is 0 Å². The van der Waals surface area contributed by atoms with Crippen LogP contribution in [-0.4, -0.2) is 35.7 Å². The Morgan fingerprint density at radius 1 is 1.69 bits per heavy atom. The highest BCUT2D eigenvalue weighted by molar-refractivity contribution is 7.11. The number of rotatable bonds is 4. The molecular weight excluding hydrogens is 186 g/mol. The van der Waals surface area contributed by atoms with Gasteiger partial charge in [-0.3, -0.25) is 0 Å². The highest BCUT2D eigenvalue weighted by atomic mass is 32.1. The molecule has 1 aromatic rings. The average molecular weight is 201 g/mol. The predicted molar refractivity (Wildman–Crippen MR) is 53.5 cm³/mol. The van der Waals surface area contributed by atoms with Crippen LogP contribution in [0.2, 0.25) is 0 Å². The summed E-state index contributed by atoms with van der Waals surface area (Å²) < 4.78 is 0. The van der Waals surface area contributed by atoms with E-state index in [0.717, 1.165) is 11.6 Å². The molecule has 1 atom stereocenters. The second-order valence-corrected chi connectivity index (χ2v) is 4.34. The number of nitrogens with two attached hydrogens (primary N) is 1. The van der Waals surface area contributed by atoms with Gasteiger partial charge < -0.3 is 15.7 Å². The zero-order valence-corrected chi connectivity index (χ0v) is 8.71. The van der Waals surface area contributed by atoms with Gasteiger partial charge in [0.2, 0.25) is 0 Å². The molecule has 1 heterocycles. The zero-order chi connectivity index (χ0) is 9.84. The molecule has 0 aliphatic rings. The van der Waals surface area contributed by atoms with Crippen molar-refractivity contribution in [2.75, 3.05) is 20.7 Å². The van der Waals surface area contributed by atoms with Crippen LogP contribution in [0.5, 0.6) is 0 Å². The Kier molecular flexibility index (Phi) is 3.80. The van der Waals surface area contributed by atoms with Gasteiger partial charge in [0.05, 0.1) is 12.6 Å². The first-order valence-electron chi connectivity index (χ1n) is 4.09. The third kappa shape index (κ3) is 3.04. The van der Waals surface area contributed by atoms with Crippen molar-refractivity contribution in [1.29, 1.82) is 0 Å². The van der Waals surface area contributed by atoms with Gasteiger partial charge in [-0.05, 0) is 14.1 Å². The summed E-state index contributed by atoms with van der Waals surface area (Å²) >= 11 is 1.56. The first-order valence-corrected chi connectivity index (χ1v) is 4.91. The fourth-order valence-electron chi connectivity index (χ4n) is 0.957. The van der Waals surface area contributed by atoms with Crippen LogP contribution in [0.1, 0.15) is 15.9 Å². The second-order valence-electron chi connectivity index (χ2n) is 3.19. The van der Waals surface area contributed by atoms with E-state index in [1.165, 1.54) is 4.88 Å². The Labute approximate surface area is 82.0 Å². The lowest BCUT2D eigenvalue weighted by Crippen LogP contribution is -2.13. The minimum atomic E-state index is -0.332. The Balaban J connectivity index is 2.63. The monoisotopic (exact) mass is 201 g/mol. The highest BCUT2D eigenvalue weighted by Crippen LogP contribution is 2.18. The van der Waals surface area contributed by atoms with Gasteiger partial charge >= 0.3 is 0 Å². The third-order valence-corrected chi connectivity index (χ3v) is 2.67. The van der Waals surface area contributed by atoms with Gasteiger partial charge in [-0.15, -0.1) is 11.3 Å². The van der Waals surface area contributed by atoms with Crippen LogP contribution < -0.4 is 5.73 Å². The van der Waals surface area contributed by atoms with E-state index in [1.54, 1.807) is 11.3 Å². The van der Waals surface area contributed by atoms with E-state index < -0.39 is 0 Å². The lowest BCUT2D eigenvalue weighted by Gasteiger charge is -2.05. The molecule has 5 heteroatoms. The smallest absolute Gasteiger partial charge is 0.112 e. The Morgan fingerprint density at radius 2 is 2.38 bits per heavy atom. The largest absolute Gasteiger partial charge is 0.394 e. The summed E-state index contributed by atoms with van der Waals surface area (Å²) in [5.41, 5.74) is 5.62. The molecule has 1 rings (SSSR count).